The zero-order valence-corrected chi connectivity index (χ0v) is 9.05. The van der Waals surface area contributed by atoms with Crippen LogP contribution in [0.15, 0.2) is 24.4 Å². The Morgan fingerprint density at radius 3 is 2.75 bits per heavy atom. The van der Waals surface area contributed by atoms with E-state index in [-0.39, 0.29) is 5.69 Å². The van der Waals surface area contributed by atoms with Crippen molar-refractivity contribution in [3.8, 4) is 11.3 Å². The predicted octanol–water partition coefficient (Wildman–Crippen LogP) is 2.04. The molecule has 1 aromatic heterocycles. The van der Waals surface area contributed by atoms with Gasteiger partial charge in [-0.3, -0.25) is 14.8 Å². The Balaban J connectivity index is 2.53. The molecule has 2 rings (SSSR count). The zero-order valence-electron chi connectivity index (χ0n) is 8.29. The fraction of sp³-hybridized carbons (Fsp3) is 0.111. The molecule has 0 spiro atoms. The maximum atomic E-state index is 10.6. The highest BCUT2D eigenvalue weighted by molar-refractivity contribution is 6.31. The molecular weight excluding hydrogens is 232 g/mol. The Hall–Kier alpha value is -1.95. The van der Waals surface area contributed by atoms with Crippen molar-refractivity contribution in [2.75, 3.05) is 0 Å². The Kier molecular flexibility index (Phi) is 2.57. The third-order valence-electron chi connectivity index (χ3n) is 1.99. The van der Waals surface area contributed by atoms with Crippen LogP contribution in [0.3, 0.4) is 0 Å². The Morgan fingerprint density at radius 1 is 1.44 bits per heavy atom. The smallest absolute Gasteiger partial charge is 0.258 e. The molecule has 0 fully saturated rings. The molecule has 0 amide bonds. The van der Waals surface area contributed by atoms with Crippen LogP contribution in [0.2, 0.25) is 5.02 Å². The predicted molar refractivity (Wildman–Crippen MR) is 58.1 cm³/mol. The molecule has 0 radical (unpaired) electrons. The number of rotatable bonds is 2. The molecule has 0 atom stereocenters. The van der Waals surface area contributed by atoms with E-state index in [0.29, 0.717) is 16.3 Å². The summed E-state index contributed by atoms with van der Waals surface area (Å²) in [5.74, 6) is 0. The molecule has 16 heavy (non-hydrogen) atoms. The molecule has 0 bridgehead atoms. The van der Waals surface area contributed by atoms with Gasteiger partial charge in [-0.05, 0) is 6.07 Å². The second kappa shape index (κ2) is 3.90. The minimum atomic E-state index is -0.494. The molecule has 7 heteroatoms. The number of hydrogen-bond acceptors (Lipinski definition) is 4. The van der Waals surface area contributed by atoms with E-state index in [1.54, 1.807) is 19.3 Å². The van der Waals surface area contributed by atoms with Crippen molar-refractivity contribution in [3.63, 3.8) is 0 Å². The number of non-ortho nitro benzene ring substituents is 1. The van der Waals surface area contributed by atoms with Gasteiger partial charge in [-0.2, -0.15) is 0 Å². The van der Waals surface area contributed by atoms with Crippen LogP contribution < -0.4 is 0 Å². The maximum Gasteiger partial charge on any atom is 0.271 e. The highest BCUT2D eigenvalue weighted by Crippen LogP contribution is 2.26. The first-order valence-electron chi connectivity index (χ1n) is 4.38. The fourth-order valence-electron chi connectivity index (χ4n) is 1.31. The third-order valence-corrected chi connectivity index (χ3v) is 2.21. The van der Waals surface area contributed by atoms with Crippen molar-refractivity contribution in [1.82, 2.24) is 15.0 Å². The third kappa shape index (κ3) is 2.01. The van der Waals surface area contributed by atoms with E-state index in [0.717, 1.165) is 0 Å². The summed E-state index contributed by atoms with van der Waals surface area (Å²) in [6.45, 7) is 0. The standard InChI is InChI=1S/C9H7ClN4O2/c1-13-5-9(11-12-13)6-2-7(10)4-8(3-6)14(15)16/h2-5H,1H3. The van der Waals surface area contributed by atoms with Gasteiger partial charge in [0.05, 0.1) is 11.1 Å². The molecule has 0 aliphatic rings. The number of nitro benzene ring substituents is 1. The normalized spacial score (nSPS) is 10.4. The van der Waals surface area contributed by atoms with E-state index in [4.69, 9.17) is 11.6 Å². The summed E-state index contributed by atoms with van der Waals surface area (Å²) in [5, 5.41) is 18.6. The summed E-state index contributed by atoms with van der Waals surface area (Å²) in [5.41, 5.74) is 1.06. The average molecular weight is 239 g/mol. The minimum Gasteiger partial charge on any atom is -0.258 e. The van der Waals surface area contributed by atoms with Crippen LogP contribution in [0.25, 0.3) is 11.3 Å². The van der Waals surface area contributed by atoms with Crippen LogP contribution in [0.5, 0.6) is 0 Å². The summed E-state index contributed by atoms with van der Waals surface area (Å²) < 4.78 is 1.52. The lowest BCUT2D eigenvalue weighted by molar-refractivity contribution is -0.384. The molecule has 0 saturated heterocycles. The number of hydrogen-bond donors (Lipinski definition) is 0. The first-order chi connectivity index (χ1) is 7.56. The molecule has 82 valence electrons. The fourth-order valence-corrected chi connectivity index (χ4v) is 1.54. The van der Waals surface area contributed by atoms with E-state index in [2.05, 4.69) is 10.3 Å². The van der Waals surface area contributed by atoms with Crippen LogP contribution in [0.1, 0.15) is 0 Å². The molecule has 1 aromatic carbocycles. The van der Waals surface area contributed by atoms with Gasteiger partial charge in [0, 0.05) is 29.8 Å². The quantitative estimate of drug-likeness (QED) is 0.593. The van der Waals surface area contributed by atoms with Crippen molar-refractivity contribution < 1.29 is 4.92 Å². The largest absolute Gasteiger partial charge is 0.271 e. The van der Waals surface area contributed by atoms with Crippen molar-refractivity contribution in [1.29, 1.82) is 0 Å². The molecule has 6 nitrogen and oxygen atoms in total. The number of aryl methyl sites for hydroxylation is 1. The van der Waals surface area contributed by atoms with Crippen molar-refractivity contribution in [3.05, 3.63) is 39.5 Å². The molecular formula is C9H7ClN4O2. The summed E-state index contributed by atoms with van der Waals surface area (Å²) >= 11 is 5.79. The second-order valence-corrected chi connectivity index (χ2v) is 3.67. The number of benzene rings is 1. The first-order valence-corrected chi connectivity index (χ1v) is 4.76. The average Bonchev–Trinajstić information content (AvgIpc) is 2.64. The maximum absolute atomic E-state index is 10.6. The molecule has 0 N–H and O–H groups in total. The topological polar surface area (TPSA) is 73.8 Å². The van der Waals surface area contributed by atoms with Crippen LogP contribution in [0.4, 0.5) is 5.69 Å². The second-order valence-electron chi connectivity index (χ2n) is 3.23. The highest BCUT2D eigenvalue weighted by Gasteiger charge is 2.11. The van der Waals surface area contributed by atoms with E-state index in [9.17, 15) is 10.1 Å². The van der Waals surface area contributed by atoms with E-state index < -0.39 is 4.92 Å². The molecule has 0 unspecified atom stereocenters. The van der Waals surface area contributed by atoms with Gasteiger partial charge in [0.2, 0.25) is 0 Å². The number of aromatic nitrogens is 3. The highest BCUT2D eigenvalue weighted by atomic mass is 35.5. The Bertz CT molecular complexity index is 552. The molecule has 2 aromatic rings. The molecule has 0 aliphatic carbocycles. The van der Waals surface area contributed by atoms with Crippen molar-refractivity contribution in [2.45, 2.75) is 0 Å². The van der Waals surface area contributed by atoms with Gasteiger partial charge < -0.3 is 0 Å². The van der Waals surface area contributed by atoms with Gasteiger partial charge in [-0.1, -0.05) is 16.8 Å². The van der Waals surface area contributed by atoms with Crippen molar-refractivity contribution >= 4 is 17.3 Å². The summed E-state index contributed by atoms with van der Waals surface area (Å²) in [4.78, 5) is 10.2. The molecule has 0 aliphatic heterocycles. The lowest BCUT2D eigenvalue weighted by atomic mass is 10.1. The lowest BCUT2D eigenvalue weighted by Gasteiger charge is -1.97. The zero-order chi connectivity index (χ0) is 11.7. The van der Waals surface area contributed by atoms with Crippen LogP contribution in [-0.4, -0.2) is 19.9 Å². The number of nitro groups is 1. The first kappa shape index (κ1) is 10.6. The van der Waals surface area contributed by atoms with Gasteiger partial charge in [0.25, 0.3) is 5.69 Å². The van der Waals surface area contributed by atoms with E-state index in [1.807, 2.05) is 0 Å². The Labute approximate surface area is 95.6 Å². The van der Waals surface area contributed by atoms with Crippen LogP contribution in [0, 0.1) is 10.1 Å². The van der Waals surface area contributed by atoms with Crippen LogP contribution >= 0.6 is 11.6 Å². The van der Waals surface area contributed by atoms with Gasteiger partial charge in [0.15, 0.2) is 0 Å². The van der Waals surface area contributed by atoms with Gasteiger partial charge >= 0.3 is 0 Å². The van der Waals surface area contributed by atoms with Gasteiger partial charge in [-0.25, -0.2) is 0 Å². The van der Waals surface area contributed by atoms with Gasteiger partial charge in [-0.15, -0.1) is 5.10 Å². The van der Waals surface area contributed by atoms with E-state index in [1.165, 1.54) is 16.8 Å². The van der Waals surface area contributed by atoms with E-state index >= 15 is 0 Å². The molecule has 1 heterocycles. The molecule has 0 saturated carbocycles. The monoisotopic (exact) mass is 238 g/mol. The summed E-state index contributed by atoms with van der Waals surface area (Å²) in [6, 6.07) is 4.32. The SMILES string of the molecule is Cn1cc(-c2cc(Cl)cc([N+](=O)[O-])c2)nn1. The van der Waals surface area contributed by atoms with Crippen LogP contribution in [-0.2, 0) is 7.05 Å². The lowest BCUT2D eigenvalue weighted by Crippen LogP contribution is -1.89. The number of halogens is 1. The minimum absolute atomic E-state index is 0.0619. The van der Waals surface area contributed by atoms with Crippen molar-refractivity contribution in [2.24, 2.45) is 7.05 Å². The van der Waals surface area contributed by atoms with Gasteiger partial charge in [0.1, 0.15) is 5.69 Å². The summed E-state index contributed by atoms with van der Waals surface area (Å²) in [6.07, 6.45) is 1.66. The number of nitrogens with zero attached hydrogens (tertiary/aromatic N) is 4. The summed E-state index contributed by atoms with van der Waals surface area (Å²) in [7, 11) is 1.72. The Morgan fingerprint density at radius 2 is 2.19 bits per heavy atom.